The first-order valence-electron chi connectivity index (χ1n) is 6.47. The highest BCUT2D eigenvalue weighted by Gasteiger charge is 2.30. The van der Waals surface area contributed by atoms with Gasteiger partial charge in [-0.3, -0.25) is 14.7 Å². The van der Waals surface area contributed by atoms with Crippen molar-refractivity contribution < 1.29 is 4.79 Å². The van der Waals surface area contributed by atoms with Gasteiger partial charge >= 0.3 is 0 Å². The van der Waals surface area contributed by atoms with Gasteiger partial charge in [0.25, 0.3) is 0 Å². The minimum absolute atomic E-state index is 0.0540. The van der Waals surface area contributed by atoms with E-state index in [9.17, 15) is 4.79 Å². The van der Waals surface area contributed by atoms with E-state index in [1.807, 2.05) is 29.0 Å². The van der Waals surface area contributed by atoms with Gasteiger partial charge in [-0.15, -0.1) is 0 Å². The summed E-state index contributed by atoms with van der Waals surface area (Å²) < 4.78 is 0. The molecule has 1 unspecified atom stereocenters. The molecule has 0 aliphatic carbocycles. The van der Waals surface area contributed by atoms with E-state index in [0.717, 1.165) is 25.1 Å². The number of amides is 1. The maximum Gasteiger partial charge on any atom is 0.241 e. The largest absolute Gasteiger partial charge is 0.337 e. The van der Waals surface area contributed by atoms with E-state index in [0.29, 0.717) is 6.54 Å². The molecule has 100 valence electrons. The summed E-state index contributed by atoms with van der Waals surface area (Å²) in [4.78, 5) is 20.3. The Kier molecular flexibility index (Phi) is 4.48. The van der Waals surface area contributed by atoms with Gasteiger partial charge in [0.05, 0.1) is 12.5 Å². The van der Waals surface area contributed by atoms with Crippen LogP contribution < -0.4 is 0 Å². The molecule has 2 heterocycles. The minimum atomic E-state index is -0.311. The van der Waals surface area contributed by atoms with Crippen molar-refractivity contribution in [3.05, 3.63) is 30.1 Å². The lowest BCUT2D eigenvalue weighted by Gasteiger charge is -2.26. The highest BCUT2D eigenvalue weighted by molar-refractivity contribution is 5.82. The van der Waals surface area contributed by atoms with Crippen LogP contribution in [0.15, 0.2) is 24.5 Å². The molecule has 1 aliphatic rings. The summed E-state index contributed by atoms with van der Waals surface area (Å²) >= 11 is 0. The molecule has 1 saturated heterocycles. The molecule has 0 aromatic carbocycles. The van der Waals surface area contributed by atoms with Crippen LogP contribution in [-0.2, 0) is 11.3 Å². The molecule has 5 heteroatoms. The van der Waals surface area contributed by atoms with Gasteiger partial charge in [-0.25, -0.2) is 0 Å². The molecule has 0 N–H and O–H groups in total. The predicted octanol–water partition coefficient (Wildman–Crippen LogP) is 1.03. The van der Waals surface area contributed by atoms with E-state index >= 15 is 0 Å². The lowest BCUT2D eigenvalue weighted by Crippen LogP contribution is -2.43. The molecular weight excluding hydrogens is 240 g/mol. The zero-order valence-corrected chi connectivity index (χ0v) is 11.1. The summed E-state index contributed by atoms with van der Waals surface area (Å²) in [5.41, 5.74) is 1.07. The maximum atomic E-state index is 12.5. The fraction of sp³-hybridized carbons (Fsp3) is 0.500. The molecule has 1 aromatic heterocycles. The lowest BCUT2D eigenvalue weighted by molar-refractivity contribution is -0.135. The number of rotatable bonds is 3. The number of carbonyl (C=O) groups is 1. The number of likely N-dealkylation sites (N-methyl/N-ethyl adjacent to an activating group) is 1. The first-order valence-corrected chi connectivity index (χ1v) is 6.47. The van der Waals surface area contributed by atoms with Gasteiger partial charge in [-0.2, -0.15) is 5.26 Å². The molecule has 1 aliphatic heterocycles. The van der Waals surface area contributed by atoms with E-state index in [-0.39, 0.29) is 18.4 Å². The SMILES string of the molecule is CN1CCCN(Cc2ccncc2)C(=O)C1CC#N. The zero-order valence-electron chi connectivity index (χ0n) is 11.1. The van der Waals surface area contributed by atoms with Gasteiger partial charge in [0.1, 0.15) is 6.04 Å². The van der Waals surface area contributed by atoms with Crippen LogP contribution in [0.3, 0.4) is 0 Å². The summed E-state index contributed by atoms with van der Waals surface area (Å²) in [5, 5.41) is 8.87. The van der Waals surface area contributed by atoms with Crippen LogP contribution in [0.5, 0.6) is 0 Å². The number of carbonyl (C=O) groups excluding carboxylic acids is 1. The Morgan fingerprint density at radius 2 is 2.16 bits per heavy atom. The predicted molar refractivity (Wildman–Crippen MR) is 70.9 cm³/mol. The fourth-order valence-corrected chi connectivity index (χ4v) is 2.37. The van der Waals surface area contributed by atoms with Crippen molar-refractivity contribution in [3.63, 3.8) is 0 Å². The average molecular weight is 258 g/mol. The first kappa shape index (κ1) is 13.5. The molecule has 0 radical (unpaired) electrons. The van der Waals surface area contributed by atoms with E-state index in [2.05, 4.69) is 11.1 Å². The van der Waals surface area contributed by atoms with Gasteiger partial charge in [-0.1, -0.05) is 0 Å². The Balaban J connectivity index is 2.11. The molecule has 1 aromatic rings. The summed E-state index contributed by atoms with van der Waals surface area (Å²) in [6.45, 7) is 2.19. The summed E-state index contributed by atoms with van der Waals surface area (Å²) in [6.07, 6.45) is 4.66. The van der Waals surface area contributed by atoms with E-state index in [1.54, 1.807) is 12.4 Å². The molecule has 1 fully saturated rings. The Bertz CT molecular complexity index is 468. The monoisotopic (exact) mass is 258 g/mol. The third-order valence-electron chi connectivity index (χ3n) is 3.48. The number of nitriles is 1. The van der Waals surface area contributed by atoms with Crippen molar-refractivity contribution in [2.45, 2.75) is 25.4 Å². The molecule has 1 amide bonds. The third-order valence-corrected chi connectivity index (χ3v) is 3.48. The van der Waals surface area contributed by atoms with E-state index in [4.69, 9.17) is 5.26 Å². The minimum Gasteiger partial charge on any atom is -0.337 e. The van der Waals surface area contributed by atoms with Crippen LogP contribution in [0.1, 0.15) is 18.4 Å². The molecule has 2 rings (SSSR count). The standard InChI is InChI=1S/C14H18N4O/c1-17-9-2-10-18(14(19)13(17)3-6-15)11-12-4-7-16-8-5-12/h4-5,7-8,13H,2-3,9-11H2,1H3. The quantitative estimate of drug-likeness (QED) is 0.812. The molecule has 0 spiro atoms. The Morgan fingerprint density at radius 1 is 1.42 bits per heavy atom. The van der Waals surface area contributed by atoms with Crippen LogP contribution in [0.25, 0.3) is 0 Å². The molecular formula is C14H18N4O. The molecule has 19 heavy (non-hydrogen) atoms. The summed E-state index contributed by atoms with van der Waals surface area (Å²) in [5.74, 6) is 0.0540. The van der Waals surface area contributed by atoms with Crippen LogP contribution in [0.4, 0.5) is 0 Å². The van der Waals surface area contributed by atoms with Crippen molar-refractivity contribution in [1.82, 2.24) is 14.8 Å². The first-order chi connectivity index (χ1) is 9.22. The Labute approximate surface area is 113 Å². The van der Waals surface area contributed by atoms with Crippen molar-refractivity contribution in [1.29, 1.82) is 5.26 Å². The number of nitrogens with zero attached hydrogens (tertiary/aromatic N) is 4. The fourth-order valence-electron chi connectivity index (χ4n) is 2.37. The summed E-state index contributed by atoms with van der Waals surface area (Å²) in [7, 11) is 1.91. The van der Waals surface area contributed by atoms with Gasteiger partial charge in [0.15, 0.2) is 0 Å². The normalized spacial score (nSPS) is 20.9. The van der Waals surface area contributed by atoms with Gasteiger partial charge in [0, 0.05) is 32.0 Å². The number of hydrogen-bond acceptors (Lipinski definition) is 4. The second-order valence-electron chi connectivity index (χ2n) is 4.83. The maximum absolute atomic E-state index is 12.5. The lowest BCUT2D eigenvalue weighted by atomic mass is 10.1. The average Bonchev–Trinajstić information content (AvgIpc) is 2.55. The van der Waals surface area contributed by atoms with Crippen LogP contribution in [-0.4, -0.2) is 46.9 Å². The molecule has 5 nitrogen and oxygen atoms in total. The number of hydrogen-bond donors (Lipinski definition) is 0. The van der Waals surface area contributed by atoms with Crippen LogP contribution in [0.2, 0.25) is 0 Å². The second-order valence-corrected chi connectivity index (χ2v) is 4.83. The topological polar surface area (TPSA) is 60.2 Å². The van der Waals surface area contributed by atoms with Gasteiger partial charge < -0.3 is 4.90 Å². The van der Waals surface area contributed by atoms with Crippen LogP contribution >= 0.6 is 0 Å². The van der Waals surface area contributed by atoms with E-state index < -0.39 is 0 Å². The van der Waals surface area contributed by atoms with Crippen LogP contribution in [0, 0.1) is 11.3 Å². The third kappa shape index (κ3) is 3.30. The molecule has 0 saturated carbocycles. The van der Waals surface area contributed by atoms with Crippen molar-refractivity contribution in [3.8, 4) is 6.07 Å². The summed E-state index contributed by atoms with van der Waals surface area (Å²) in [6, 6.07) is 5.64. The van der Waals surface area contributed by atoms with Gasteiger partial charge in [-0.05, 0) is 31.2 Å². The highest BCUT2D eigenvalue weighted by atomic mass is 16.2. The highest BCUT2D eigenvalue weighted by Crippen LogP contribution is 2.15. The molecule has 0 bridgehead atoms. The van der Waals surface area contributed by atoms with Crippen molar-refractivity contribution in [2.75, 3.05) is 20.1 Å². The smallest absolute Gasteiger partial charge is 0.241 e. The zero-order chi connectivity index (χ0) is 13.7. The Hall–Kier alpha value is -1.93. The second kappa shape index (κ2) is 6.30. The Morgan fingerprint density at radius 3 is 2.84 bits per heavy atom. The molecule has 1 atom stereocenters. The van der Waals surface area contributed by atoms with Crippen molar-refractivity contribution in [2.24, 2.45) is 0 Å². The number of aromatic nitrogens is 1. The van der Waals surface area contributed by atoms with E-state index in [1.165, 1.54) is 0 Å². The number of pyridine rings is 1. The van der Waals surface area contributed by atoms with Gasteiger partial charge in [0.2, 0.25) is 5.91 Å². The van der Waals surface area contributed by atoms with Crippen molar-refractivity contribution >= 4 is 5.91 Å².